The molecule has 3 aliphatic heterocycles. The Labute approximate surface area is 147 Å². The van der Waals surface area contributed by atoms with E-state index in [4.69, 9.17) is 4.74 Å². The van der Waals surface area contributed by atoms with Crippen molar-refractivity contribution in [2.24, 2.45) is 0 Å². The van der Waals surface area contributed by atoms with Crippen LogP contribution in [-0.4, -0.2) is 46.2 Å². The largest absolute Gasteiger partial charge is 0.508 e. The van der Waals surface area contributed by atoms with Crippen molar-refractivity contribution in [3.8, 4) is 5.75 Å². The molecule has 2 saturated heterocycles. The third-order valence-corrected chi connectivity index (χ3v) is 6.55. The molecule has 4 atom stereocenters. The minimum Gasteiger partial charge on any atom is -0.508 e. The van der Waals surface area contributed by atoms with Gasteiger partial charge in [-0.3, -0.25) is 4.90 Å². The molecular weight excluding hydrogens is 316 g/mol. The zero-order chi connectivity index (χ0) is 17.0. The predicted octanol–water partition coefficient (Wildman–Crippen LogP) is 2.10. The Morgan fingerprint density at radius 3 is 2.96 bits per heavy atom. The molecule has 2 N–H and O–H groups in total. The lowest BCUT2D eigenvalue weighted by molar-refractivity contribution is -0.148. The first-order valence-electron chi connectivity index (χ1n) is 9.37. The van der Waals surface area contributed by atoms with E-state index in [1.54, 1.807) is 18.2 Å². The second-order valence-corrected chi connectivity index (χ2v) is 7.86. The number of nitrogens with zero attached hydrogens (tertiary/aromatic N) is 1. The van der Waals surface area contributed by atoms with Gasteiger partial charge in [0.25, 0.3) is 0 Å². The number of nitrogens with one attached hydrogen (secondary N) is 1. The smallest absolute Gasteiger partial charge is 0.331 e. The summed E-state index contributed by atoms with van der Waals surface area (Å²) in [7, 11) is 0. The Morgan fingerprint density at radius 2 is 2.12 bits per heavy atom. The number of phenols is 1. The summed E-state index contributed by atoms with van der Waals surface area (Å²) in [6, 6.07) is 8.50. The van der Waals surface area contributed by atoms with Gasteiger partial charge >= 0.3 is 5.97 Å². The molecule has 25 heavy (non-hydrogen) atoms. The number of esters is 1. The molecule has 1 aliphatic carbocycles. The van der Waals surface area contributed by atoms with Gasteiger partial charge in [-0.25, -0.2) is 4.79 Å². The third-order valence-electron chi connectivity index (χ3n) is 6.55. The molecule has 1 aromatic rings. The van der Waals surface area contributed by atoms with Crippen LogP contribution in [-0.2, 0) is 16.1 Å². The normalized spacial score (nSPS) is 36.6. The molecule has 1 spiro atoms. The van der Waals surface area contributed by atoms with Crippen LogP contribution in [0.15, 0.2) is 35.9 Å². The van der Waals surface area contributed by atoms with E-state index in [9.17, 15) is 9.90 Å². The molecule has 5 nitrogen and oxygen atoms in total. The number of carbonyl (C=O) groups excluding carboxylic acids is 1. The van der Waals surface area contributed by atoms with Crippen molar-refractivity contribution in [3.63, 3.8) is 0 Å². The van der Waals surface area contributed by atoms with Gasteiger partial charge in [0.05, 0.1) is 6.04 Å². The average Bonchev–Trinajstić information content (AvgIpc) is 3.10. The lowest BCUT2D eigenvalue weighted by Gasteiger charge is -2.38. The first-order chi connectivity index (χ1) is 12.2. The van der Waals surface area contributed by atoms with E-state index in [-0.39, 0.29) is 11.6 Å². The van der Waals surface area contributed by atoms with Crippen LogP contribution in [0, 0.1) is 0 Å². The van der Waals surface area contributed by atoms with Crippen LogP contribution in [0.3, 0.4) is 0 Å². The van der Waals surface area contributed by atoms with Gasteiger partial charge in [0.1, 0.15) is 5.75 Å². The molecule has 0 amide bonds. The van der Waals surface area contributed by atoms with Gasteiger partial charge in [0.2, 0.25) is 0 Å². The van der Waals surface area contributed by atoms with Gasteiger partial charge < -0.3 is 15.2 Å². The molecule has 2 bridgehead atoms. The summed E-state index contributed by atoms with van der Waals surface area (Å²) in [6.07, 6.45) is 7.17. The van der Waals surface area contributed by atoms with Crippen molar-refractivity contribution in [2.45, 2.75) is 62.4 Å². The molecular formula is C20H24N2O3. The van der Waals surface area contributed by atoms with Crippen molar-refractivity contribution in [1.29, 1.82) is 0 Å². The van der Waals surface area contributed by atoms with E-state index in [2.05, 4.69) is 10.2 Å². The first-order valence-corrected chi connectivity index (χ1v) is 9.37. The van der Waals surface area contributed by atoms with Crippen LogP contribution < -0.4 is 5.32 Å². The van der Waals surface area contributed by atoms with Crippen molar-refractivity contribution >= 4 is 5.97 Å². The quantitative estimate of drug-likeness (QED) is 0.825. The fourth-order valence-electron chi connectivity index (χ4n) is 5.46. The number of hydrogen-bond acceptors (Lipinski definition) is 5. The summed E-state index contributed by atoms with van der Waals surface area (Å²) >= 11 is 0. The van der Waals surface area contributed by atoms with Gasteiger partial charge in [-0.1, -0.05) is 18.6 Å². The van der Waals surface area contributed by atoms with Crippen LogP contribution in [0.2, 0.25) is 0 Å². The maximum Gasteiger partial charge on any atom is 0.331 e. The van der Waals surface area contributed by atoms with Crippen LogP contribution in [0.5, 0.6) is 5.75 Å². The fraction of sp³-hybridized carbons (Fsp3) is 0.550. The molecule has 132 valence electrons. The van der Waals surface area contributed by atoms with E-state index in [0.29, 0.717) is 23.9 Å². The van der Waals surface area contributed by atoms with Crippen LogP contribution in [0.25, 0.3) is 0 Å². The number of rotatable bonds is 3. The lowest BCUT2D eigenvalue weighted by Crippen LogP contribution is -2.49. The molecule has 4 unspecified atom stereocenters. The number of benzene rings is 1. The number of phenolic OH excluding ortho intramolecular Hbond substituents is 1. The summed E-state index contributed by atoms with van der Waals surface area (Å²) in [5.41, 5.74) is 2.03. The summed E-state index contributed by atoms with van der Waals surface area (Å²) < 4.78 is 5.91. The van der Waals surface area contributed by atoms with E-state index in [0.717, 1.165) is 37.9 Å². The zero-order valence-corrected chi connectivity index (χ0v) is 14.3. The maximum atomic E-state index is 12.0. The van der Waals surface area contributed by atoms with Crippen LogP contribution >= 0.6 is 0 Å². The molecule has 4 aliphatic rings. The third kappa shape index (κ3) is 2.33. The SMILES string of the molecule is O=C1C=C2CC(NCc3ccc(O)cc3)C3CC2(O1)C1CCCCN31. The molecule has 1 aromatic carbocycles. The number of carbonyl (C=O) groups is 1. The lowest BCUT2D eigenvalue weighted by atomic mass is 9.75. The molecule has 1 saturated carbocycles. The van der Waals surface area contributed by atoms with Crippen LogP contribution in [0.1, 0.15) is 37.7 Å². The number of hydrogen-bond donors (Lipinski definition) is 2. The Kier molecular flexibility index (Phi) is 3.44. The number of aromatic hydroxyl groups is 1. The van der Waals surface area contributed by atoms with Gasteiger partial charge in [0.15, 0.2) is 5.60 Å². The minimum absolute atomic E-state index is 0.152. The van der Waals surface area contributed by atoms with Gasteiger partial charge in [-0.05, 0) is 49.1 Å². The standard InChI is InChI=1S/C20H24N2O3/c23-15-6-4-13(5-7-15)12-21-16-9-14-10-19(24)25-20(14)11-17(16)22-8-2-1-3-18(20)22/h4-7,10,16-18,21,23H,1-3,8-9,11-12H2. The number of ether oxygens (including phenoxy) is 1. The van der Waals surface area contributed by atoms with Gasteiger partial charge in [0, 0.05) is 31.1 Å². The second kappa shape index (κ2) is 5.58. The van der Waals surface area contributed by atoms with E-state index >= 15 is 0 Å². The summed E-state index contributed by atoms with van der Waals surface area (Å²) in [4.78, 5) is 14.6. The van der Waals surface area contributed by atoms with Crippen molar-refractivity contribution in [2.75, 3.05) is 6.54 Å². The van der Waals surface area contributed by atoms with Gasteiger partial charge in [-0.2, -0.15) is 0 Å². The second-order valence-electron chi connectivity index (χ2n) is 7.86. The first kappa shape index (κ1) is 15.4. The number of piperidine rings is 1. The molecule has 3 heterocycles. The summed E-state index contributed by atoms with van der Waals surface area (Å²) in [5.74, 6) is 0.144. The Balaban J connectivity index is 1.39. The monoisotopic (exact) mass is 340 g/mol. The average molecular weight is 340 g/mol. The van der Waals surface area contributed by atoms with Gasteiger partial charge in [-0.15, -0.1) is 0 Å². The van der Waals surface area contributed by atoms with E-state index in [1.807, 2.05) is 12.1 Å². The van der Waals surface area contributed by atoms with Crippen molar-refractivity contribution in [3.05, 3.63) is 41.5 Å². The van der Waals surface area contributed by atoms with E-state index in [1.165, 1.54) is 18.4 Å². The zero-order valence-electron chi connectivity index (χ0n) is 14.3. The van der Waals surface area contributed by atoms with E-state index < -0.39 is 0 Å². The highest BCUT2D eigenvalue weighted by Gasteiger charge is 2.63. The highest BCUT2D eigenvalue weighted by atomic mass is 16.6. The molecule has 0 aromatic heterocycles. The topological polar surface area (TPSA) is 61.8 Å². The molecule has 0 radical (unpaired) electrons. The highest BCUT2D eigenvalue weighted by Crippen LogP contribution is 2.53. The Bertz CT molecular complexity index is 729. The van der Waals surface area contributed by atoms with Crippen LogP contribution in [0.4, 0.5) is 0 Å². The highest BCUT2D eigenvalue weighted by molar-refractivity contribution is 5.87. The minimum atomic E-state index is -0.334. The molecule has 5 rings (SSSR count). The molecule has 3 fully saturated rings. The molecule has 5 heteroatoms. The van der Waals surface area contributed by atoms with Crippen molar-refractivity contribution < 1.29 is 14.6 Å². The summed E-state index contributed by atoms with van der Waals surface area (Å²) in [5, 5.41) is 13.1. The Hall–Kier alpha value is -1.85. The summed E-state index contributed by atoms with van der Waals surface area (Å²) in [6.45, 7) is 1.88. The predicted molar refractivity (Wildman–Crippen MR) is 93.0 cm³/mol. The fourth-order valence-corrected chi connectivity index (χ4v) is 5.46. The van der Waals surface area contributed by atoms with Crippen molar-refractivity contribution in [1.82, 2.24) is 10.2 Å². The number of fused-ring (bicyclic) bond motifs is 3. The maximum absolute atomic E-state index is 12.0. The Morgan fingerprint density at radius 1 is 1.28 bits per heavy atom.